The van der Waals surface area contributed by atoms with Crippen molar-refractivity contribution in [3.63, 3.8) is 0 Å². The number of nitrogens with zero attached hydrogens (tertiary/aromatic N) is 4. The Morgan fingerprint density at radius 1 is 1.03 bits per heavy atom. The van der Waals surface area contributed by atoms with Crippen LogP contribution < -0.4 is 11.1 Å². The van der Waals surface area contributed by atoms with Crippen molar-refractivity contribution in [3.8, 4) is 0 Å². The Morgan fingerprint density at radius 2 is 1.61 bits per heavy atom. The van der Waals surface area contributed by atoms with Crippen molar-refractivity contribution in [1.82, 2.24) is 25.1 Å². The van der Waals surface area contributed by atoms with Crippen molar-refractivity contribution < 1.29 is 14.4 Å². The van der Waals surface area contributed by atoms with E-state index in [4.69, 9.17) is 17.3 Å². The molecule has 1 aromatic rings. The minimum atomic E-state index is -1.09. The average molecular weight is 549 g/mol. The summed E-state index contributed by atoms with van der Waals surface area (Å²) >= 11 is 6.04. The molecule has 10 heteroatoms. The summed E-state index contributed by atoms with van der Waals surface area (Å²) in [5.74, 6) is 0.189. The second-order valence-electron chi connectivity index (χ2n) is 11.6. The van der Waals surface area contributed by atoms with Gasteiger partial charge in [-0.05, 0) is 50.3 Å². The van der Waals surface area contributed by atoms with E-state index in [1.165, 1.54) is 0 Å². The van der Waals surface area contributed by atoms with E-state index in [-0.39, 0.29) is 17.7 Å². The van der Waals surface area contributed by atoms with Crippen LogP contribution in [0.4, 0.5) is 0 Å². The molecule has 2 aliphatic heterocycles. The molecule has 0 saturated carbocycles. The van der Waals surface area contributed by atoms with Gasteiger partial charge in [0.05, 0.1) is 5.54 Å². The second-order valence-corrected chi connectivity index (χ2v) is 12.0. The van der Waals surface area contributed by atoms with E-state index in [0.717, 1.165) is 51.1 Å². The van der Waals surface area contributed by atoms with Crippen LogP contribution in [0, 0.1) is 5.92 Å². The number of hydrogen-bond acceptors (Lipinski definition) is 6. The third kappa shape index (κ3) is 8.40. The fourth-order valence-corrected chi connectivity index (χ4v) is 5.27. The van der Waals surface area contributed by atoms with Crippen molar-refractivity contribution in [3.05, 3.63) is 34.9 Å². The highest BCUT2D eigenvalue weighted by molar-refractivity contribution is 6.30. The molecular weight excluding hydrogens is 504 g/mol. The molecule has 3 rings (SSSR count). The first kappa shape index (κ1) is 30.3. The Bertz CT molecular complexity index is 948. The minimum absolute atomic E-state index is 0.0950. The smallest absolute Gasteiger partial charge is 0.245 e. The van der Waals surface area contributed by atoms with Crippen molar-refractivity contribution in [2.75, 3.05) is 45.8 Å². The van der Waals surface area contributed by atoms with E-state index in [0.29, 0.717) is 36.5 Å². The molecule has 2 saturated heterocycles. The molecular formula is C28H45ClN6O3. The highest BCUT2D eigenvalue weighted by Crippen LogP contribution is 2.22. The lowest BCUT2D eigenvalue weighted by Crippen LogP contribution is -2.62. The molecule has 0 radical (unpaired) electrons. The Hall–Kier alpha value is -2.20. The third-order valence-corrected chi connectivity index (χ3v) is 7.61. The van der Waals surface area contributed by atoms with Crippen LogP contribution in [0.5, 0.6) is 0 Å². The van der Waals surface area contributed by atoms with Gasteiger partial charge in [-0.1, -0.05) is 37.6 Å². The fourth-order valence-electron chi connectivity index (χ4n) is 5.14. The van der Waals surface area contributed by atoms with Crippen LogP contribution in [0.25, 0.3) is 0 Å². The highest BCUT2D eigenvalue weighted by Gasteiger charge is 2.35. The summed E-state index contributed by atoms with van der Waals surface area (Å²) in [4.78, 5) is 42.0. The van der Waals surface area contributed by atoms with E-state index in [1.807, 2.05) is 21.9 Å². The number of halogens is 1. The molecule has 0 aliphatic carbocycles. The summed E-state index contributed by atoms with van der Waals surface area (Å²) in [5, 5.41) is 8.38. The van der Waals surface area contributed by atoms with Gasteiger partial charge in [0.1, 0.15) is 6.04 Å². The van der Waals surface area contributed by atoms with Gasteiger partial charge in [-0.15, -0.1) is 0 Å². The zero-order valence-electron chi connectivity index (χ0n) is 23.6. The van der Waals surface area contributed by atoms with Crippen LogP contribution in [0.15, 0.2) is 24.3 Å². The maximum Gasteiger partial charge on any atom is 0.245 e. The predicted octanol–water partition coefficient (Wildman–Crippen LogP) is 2.13. The van der Waals surface area contributed by atoms with Gasteiger partial charge in [0, 0.05) is 70.2 Å². The molecule has 1 atom stereocenters. The maximum atomic E-state index is 13.7. The average Bonchev–Trinajstić information content (AvgIpc) is 2.87. The van der Waals surface area contributed by atoms with Crippen LogP contribution in [-0.4, -0.2) is 101 Å². The van der Waals surface area contributed by atoms with Gasteiger partial charge < -0.3 is 20.9 Å². The summed E-state index contributed by atoms with van der Waals surface area (Å²) in [6.45, 7) is 14.5. The molecule has 2 heterocycles. The molecule has 3 N–H and O–H groups in total. The van der Waals surface area contributed by atoms with E-state index in [9.17, 15) is 14.4 Å². The molecule has 3 amide bonds. The summed E-state index contributed by atoms with van der Waals surface area (Å²) < 4.78 is 0. The zero-order chi connectivity index (χ0) is 28.0. The molecule has 2 fully saturated rings. The van der Waals surface area contributed by atoms with Crippen molar-refractivity contribution >= 4 is 29.3 Å². The van der Waals surface area contributed by atoms with E-state index in [2.05, 4.69) is 29.2 Å². The molecule has 38 heavy (non-hydrogen) atoms. The van der Waals surface area contributed by atoms with Crippen LogP contribution >= 0.6 is 11.6 Å². The molecule has 0 aromatic heterocycles. The Balaban J connectivity index is 1.66. The quantitative estimate of drug-likeness (QED) is 0.490. The van der Waals surface area contributed by atoms with Crippen LogP contribution in [0.2, 0.25) is 5.02 Å². The number of likely N-dealkylation sites (tertiary alicyclic amines) is 1. The van der Waals surface area contributed by atoms with E-state index in [1.54, 1.807) is 32.9 Å². The molecule has 0 spiro atoms. The number of carbonyl (C=O) groups excluding carboxylic acids is 3. The lowest BCUT2D eigenvalue weighted by Gasteiger charge is -2.47. The summed E-state index contributed by atoms with van der Waals surface area (Å²) in [5.41, 5.74) is 5.85. The summed E-state index contributed by atoms with van der Waals surface area (Å²) in [6.07, 6.45) is 2.28. The second kappa shape index (κ2) is 13.2. The normalized spacial score (nSPS) is 18.7. The molecule has 0 bridgehead atoms. The lowest BCUT2D eigenvalue weighted by atomic mass is 10.0. The third-order valence-electron chi connectivity index (χ3n) is 7.36. The van der Waals surface area contributed by atoms with E-state index < -0.39 is 11.6 Å². The fraction of sp³-hybridized carbons (Fsp3) is 0.679. The van der Waals surface area contributed by atoms with E-state index >= 15 is 0 Å². The van der Waals surface area contributed by atoms with Gasteiger partial charge in [-0.3, -0.25) is 14.4 Å². The Morgan fingerprint density at radius 3 is 2.11 bits per heavy atom. The molecule has 9 nitrogen and oxygen atoms in total. The van der Waals surface area contributed by atoms with Crippen LogP contribution in [0.3, 0.4) is 0 Å². The number of piperidine rings is 1. The van der Waals surface area contributed by atoms with Crippen molar-refractivity contribution in [2.45, 2.75) is 71.5 Å². The van der Waals surface area contributed by atoms with Gasteiger partial charge in [-0.2, -0.15) is 0 Å². The first-order valence-electron chi connectivity index (χ1n) is 13.7. The topological polar surface area (TPSA) is 102 Å². The van der Waals surface area contributed by atoms with Crippen molar-refractivity contribution in [2.24, 2.45) is 11.7 Å². The number of benzene rings is 1. The Labute approximate surface area is 232 Å². The number of nitrogens with two attached hydrogens (primary N) is 1. The zero-order valence-corrected chi connectivity index (χ0v) is 24.3. The number of rotatable bonds is 9. The van der Waals surface area contributed by atoms with Gasteiger partial charge in [0.25, 0.3) is 0 Å². The molecule has 212 valence electrons. The Kier molecular flexibility index (Phi) is 10.6. The van der Waals surface area contributed by atoms with Crippen LogP contribution in [-0.2, 0) is 20.8 Å². The first-order chi connectivity index (χ1) is 17.8. The highest BCUT2D eigenvalue weighted by atomic mass is 35.5. The molecule has 0 unspecified atom stereocenters. The lowest BCUT2D eigenvalue weighted by molar-refractivity contribution is -0.146. The minimum Gasteiger partial charge on any atom is -0.343 e. The maximum absolute atomic E-state index is 13.7. The standard InChI is InChI=1S/C28H45ClN6O3/c1-20(2)19-35(24-10-12-32(13-11-24)21(3)36)34-16-14-33(15-17-34)26(37)25(31-27(38)28(4,5)30)18-22-6-8-23(29)9-7-22/h6-9,20,24-25H,10-19,30H2,1-5H3,(H,31,38)/t25-/m1/s1. The summed E-state index contributed by atoms with van der Waals surface area (Å²) in [7, 11) is 0. The molecule has 2 aliphatic rings. The number of piperazine rings is 1. The monoisotopic (exact) mass is 548 g/mol. The number of carbonyl (C=O) groups is 3. The SMILES string of the molecule is CC(=O)N1CCC(N(CC(C)C)N2CCN(C(=O)[C@@H](Cc3ccc(Cl)cc3)NC(=O)C(C)(C)N)CC2)CC1. The number of amides is 3. The first-order valence-corrected chi connectivity index (χ1v) is 14.1. The number of hydrazine groups is 1. The largest absolute Gasteiger partial charge is 0.343 e. The van der Waals surface area contributed by atoms with Crippen molar-refractivity contribution in [1.29, 1.82) is 0 Å². The molecule has 1 aromatic carbocycles. The number of hydrogen-bond donors (Lipinski definition) is 2. The van der Waals surface area contributed by atoms with Gasteiger partial charge in [0.15, 0.2) is 0 Å². The predicted molar refractivity (Wildman–Crippen MR) is 150 cm³/mol. The number of nitrogens with one attached hydrogen (secondary N) is 1. The van der Waals surface area contributed by atoms with Gasteiger partial charge >= 0.3 is 0 Å². The van der Waals surface area contributed by atoms with Gasteiger partial charge in [0.2, 0.25) is 17.7 Å². The van der Waals surface area contributed by atoms with Crippen LogP contribution in [0.1, 0.15) is 53.0 Å². The van der Waals surface area contributed by atoms with Gasteiger partial charge in [-0.25, -0.2) is 10.0 Å². The summed E-state index contributed by atoms with van der Waals surface area (Å²) in [6, 6.07) is 7.01.